The van der Waals surface area contributed by atoms with Crippen LogP contribution in [-0.2, 0) is 4.79 Å². The minimum Gasteiger partial charge on any atom is -0.420 e. The second-order valence-corrected chi connectivity index (χ2v) is 12.5. The molecule has 0 N–H and O–H groups in total. The monoisotopic (exact) mass is 474 g/mol. The molecule has 7 saturated carbocycles. The predicted octanol–water partition coefficient (Wildman–Crippen LogP) is 6.09. The van der Waals surface area contributed by atoms with Crippen LogP contribution in [-0.4, -0.2) is 28.3 Å². The Morgan fingerprint density at radius 2 is 1.80 bits per heavy atom. The lowest BCUT2D eigenvalue weighted by Gasteiger charge is -2.66. The van der Waals surface area contributed by atoms with Crippen molar-refractivity contribution in [2.45, 2.75) is 88.6 Å². The van der Waals surface area contributed by atoms with Gasteiger partial charge in [-0.15, -0.1) is 10.2 Å². The standard InChI is InChI=1S/C28H31FN4O2/c29-28-14-27(15-28,16-28)13-22(34)33(18-26-9-6-25(17-30,7-10-26)8-11-26)21-3-1-2-20(12-21)24-32-31-23(35-24)19-4-5-19/h1-3,12,19H,4-11,13-16,18H2. The van der Waals surface area contributed by atoms with Crippen LogP contribution in [0.1, 0.15) is 88.9 Å². The smallest absolute Gasteiger partial charge is 0.247 e. The average Bonchev–Trinajstić information content (AvgIpc) is 3.58. The van der Waals surface area contributed by atoms with Gasteiger partial charge < -0.3 is 9.32 Å². The predicted molar refractivity (Wildman–Crippen MR) is 127 cm³/mol. The van der Waals surface area contributed by atoms with E-state index in [9.17, 15) is 14.4 Å². The fourth-order valence-electron chi connectivity index (χ4n) is 7.44. The molecule has 7 heteroatoms. The van der Waals surface area contributed by atoms with Crippen LogP contribution in [0.2, 0.25) is 0 Å². The largest absolute Gasteiger partial charge is 0.420 e. The molecule has 6 nitrogen and oxygen atoms in total. The molecule has 9 rings (SSSR count). The van der Waals surface area contributed by atoms with Gasteiger partial charge in [-0.2, -0.15) is 5.26 Å². The Kier molecular flexibility index (Phi) is 4.40. The molecule has 0 aliphatic heterocycles. The van der Waals surface area contributed by atoms with Gasteiger partial charge >= 0.3 is 0 Å². The third-order valence-electron chi connectivity index (χ3n) is 9.81. The van der Waals surface area contributed by atoms with Crippen molar-refractivity contribution < 1.29 is 13.6 Å². The van der Waals surface area contributed by atoms with Gasteiger partial charge in [0.15, 0.2) is 0 Å². The van der Waals surface area contributed by atoms with Crippen molar-refractivity contribution in [2.75, 3.05) is 11.4 Å². The van der Waals surface area contributed by atoms with Crippen molar-refractivity contribution in [2.24, 2.45) is 16.2 Å². The summed E-state index contributed by atoms with van der Waals surface area (Å²) in [6, 6.07) is 10.5. The fraction of sp³-hybridized carbons (Fsp3) is 0.643. The summed E-state index contributed by atoms with van der Waals surface area (Å²) in [4.78, 5) is 15.8. The number of carbonyl (C=O) groups excluding carboxylic acids is 1. The van der Waals surface area contributed by atoms with Crippen molar-refractivity contribution in [1.82, 2.24) is 10.2 Å². The maximum atomic E-state index is 14.2. The number of benzene rings is 1. The molecule has 1 amide bonds. The third kappa shape index (κ3) is 3.51. The molecule has 0 unspecified atom stereocenters. The van der Waals surface area contributed by atoms with Crippen LogP contribution in [0, 0.1) is 27.6 Å². The van der Waals surface area contributed by atoms with Gasteiger partial charge in [0, 0.05) is 30.1 Å². The molecular formula is C28H31FN4O2. The van der Waals surface area contributed by atoms with E-state index in [2.05, 4.69) is 16.3 Å². The van der Waals surface area contributed by atoms with E-state index < -0.39 is 5.67 Å². The molecule has 7 aliphatic carbocycles. The summed E-state index contributed by atoms with van der Waals surface area (Å²) in [5, 5.41) is 18.2. The lowest BCUT2D eigenvalue weighted by Crippen LogP contribution is -2.65. The van der Waals surface area contributed by atoms with Crippen LogP contribution in [0.4, 0.5) is 10.1 Å². The number of amides is 1. The SMILES string of the molecule is N#CC12CCC(CN(C(=O)CC34CC(F)(C3)C4)c3cccc(-c4nnc(C5CC5)o4)c3)(CC1)CC2. The average molecular weight is 475 g/mol. The highest BCUT2D eigenvalue weighted by Crippen LogP contribution is 2.71. The Hall–Kier alpha value is -2.75. The van der Waals surface area contributed by atoms with Gasteiger partial charge in [-0.05, 0) is 99.7 Å². The Bertz CT molecular complexity index is 1200. The summed E-state index contributed by atoms with van der Waals surface area (Å²) >= 11 is 0. The zero-order chi connectivity index (χ0) is 23.9. The van der Waals surface area contributed by atoms with E-state index in [-0.39, 0.29) is 22.2 Å². The topological polar surface area (TPSA) is 83.0 Å². The van der Waals surface area contributed by atoms with Crippen molar-refractivity contribution in [1.29, 1.82) is 5.26 Å². The summed E-state index contributed by atoms with van der Waals surface area (Å²) in [6.45, 7) is 0.658. The maximum Gasteiger partial charge on any atom is 0.247 e. The lowest BCUT2D eigenvalue weighted by atomic mass is 9.41. The molecule has 35 heavy (non-hydrogen) atoms. The summed E-state index contributed by atoms with van der Waals surface area (Å²) in [5.74, 6) is 1.67. The van der Waals surface area contributed by atoms with Crippen LogP contribution in [0.5, 0.6) is 0 Å². The molecule has 0 spiro atoms. The Morgan fingerprint density at radius 1 is 1.09 bits per heavy atom. The Balaban J connectivity index is 1.17. The van der Waals surface area contributed by atoms with E-state index in [0.717, 1.165) is 62.6 Å². The van der Waals surface area contributed by atoms with Gasteiger partial charge in [0.1, 0.15) is 5.67 Å². The van der Waals surface area contributed by atoms with E-state index in [4.69, 9.17) is 4.42 Å². The number of hydrogen-bond acceptors (Lipinski definition) is 5. The third-order valence-corrected chi connectivity index (χ3v) is 9.81. The molecule has 2 aromatic rings. The number of carbonyl (C=O) groups is 1. The number of rotatable bonds is 7. The minimum absolute atomic E-state index is 0.0502. The second-order valence-electron chi connectivity index (χ2n) is 12.5. The Morgan fingerprint density at radius 3 is 2.43 bits per heavy atom. The minimum atomic E-state index is -1.01. The number of fused-ring (bicyclic) bond motifs is 3. The van der Waals surface area contributed by atoms with E-state index in [0.29, 0.717) is 49.9 Å². The Labute approximate surface area is 204 Å². The highest BCUT2D eigenvalue weighted by molar-refractivity contribution is 5.94. The van der Waals surface area contributed by atoms with Crippen LogP contribution in [0.3, 0.4) is 0 Å². The fourth-order valence-corrected chi connectivity index (χ4v) is 7.44. The first-order valence-electron chi connectivity index (χ1n) is 13.2. The van der Waals surface area contributed by atoms with E-state index in [1.807, 2.05) is 29.2 Å². The molecule has 7 aliphatic rings. The van der Waals surface area contributed by atoms with E-state index in [1.165, 1.54) is 0 Å². The molecule has 0 radical (unpaired) electrons. The molecule has 1 aromatic carbocycles. The van der Waals surface area contributed by atoms with Gasteiger partial charge in [0.2, 0.25) is 17.7 Å². The number of nitrogens with zero attached hydrogens (tertiary/aromatic N) is 4. The van der Waals surface area contributed by atoms with Gasteiger partial charge in [-0.1, -0.05) is 6.07 Å². The highest BCUT2D eigenvalue weighted by Gasteiger charge is 2.69. The van der Waals surface area contributed by atoms with Crippen LogP contribution >= 0.6 is 0 Å². The quantitative estimate of drug-likeness (QED) is 0.485. The van der Waals surface area contributed by atoms with Crippen molar-refractivity contribution in [3.63, 3.8) is 0 Å². The zero-order valence-electron chi connectivity index (χ0n) is 20.1. The molecule has 4 bridgehead atoms. The van der Waals surface area contributed by atoms with Gasteiger partial charge in [-0.25, -0.2) is 4.39 Å². The molecule has 7 fully saturated rings. The first kappa shape index (κ1) is 21.5. The molecule has 1 aromatic heterocycles. The number of aromatic nitrogens is 2. The van der Waals surface area contributed by atoms with Crippen LogP contribution < -0.4 is 4.90 Å². The molecule has 0 atom stereocenters. The zero-order valence-corrected chi connectivity index (χ0v) is 20.1. The molecule has 0 saturated heterocycles. The molecule has 1 heterocycles. The highest BCUT2D eigenvalue weighted by atomic mass is 19.1. The lowest BCUT2D eigenvalue weighted by molar-refractivity contribution is -0.215. The summed E-state index contributed by atoms with van der Waals surface area (Å²) in [7, 11) is 0. The van der Waals surface area contributed by atoms with E-state index in [1.54, 1.807) is 0 Å². The second kappa shape index (κ2) is 7.15. The van der Waals surface area contributed by atoms with Gasteiger partial charge in [0.05, 0.1) is 11.5 Å². The van der Waals surface area contributed by atoms with Crippen molar-refractivity contribution >= 4 is 11.6 Å². The number of nitriles is 1. The number of alkyl halides is 1. The summed E-state index contributed by atoms with van der Waals surface area (Å²) in [5.41, 5.74) is 0.413. The molecular weight excluding hydrogens is 443 g/mol. The van der Waals surface area contributed by atoms with E-state index >= 15 is 0 Å². The van der Waals surface area contributed by atoms with Gasteiger partial charge in [0.25, 0.3) is 0 Å². The normalized spacial score (nSPS) is 36.7. The number of hydrogen-bond donors (Lipinski definition) is 0. The summed E-state index contributed by atoms with van der Waals surface area (Å²) in [6.07, 6.45) is 9.91. The van der Waals surface area contributed by atoms with Gasteiger partial charge in [-0.3, -0.25) is 4.79 Å². The summed E-state index contributed by atoms with van der Waals surface area (Å²) < 4.78 is 20.1. The number of halogens is 1. The van der Waals surface area contributed by atoms with Crippen molar-refractivity contribution in [3.8, 4) is 17.5 Å². The maximum absolute atomic E-state index is 14.2. The number of anilines is 1. The van der Waals surface area contributed by atoms with Crippen LogP contribution in [0.15, 0.2) is 28.7 Å². The first-order chi connectivity index (χ1) is 16.8. The van der Waals surface area contributed by atoms with Crippen molar-refractivity contribution in [3.05, 3.63) is 30.2 Å². The first-order valence-corrected chi connectivity index (χ1v) is 13.2. The molecule has 182 valence electrons. The van der Waals surface area contributed by atoms with Crippen LogP contribution in [0.25, 0.3) is 11.5 Å².